The molecule has 1 saturated heterocycles. The average molecular weight is 731 g/mol. The van der Waals surface area contributed by atoms with Gasteiger partial charge in [0.25, 0.3) is 5.89 Å². The molecule has 1 aliphatic heterocycles. The van der Waals surface area contributed by atoms with Crippen LogP contribution < -0.4 is 14.8 Å². The summed E-state index contributed by atoms with van der Waals surface area (Å²) in [5.74, 6) is -0.539. The lowest BCUT2D eigenvalue weighted by atomic mass is 9.86. The molecule has 0 bridgehead atoms. The van der Waals surface area contributed by atoms with Crippen LogP contribution in [0, 0.1) is 11.8 Å². The number of benzene rings is 3. The summed E-state index contributed by atoms with van der Waals surface area (Å²) in [6.07, 6.45) is -13.0. The third kappa shape index (κ3) is 9.71. The highest BCUT2D eigenvalue weighted by Crippen LogP contribution is 2.35. The maximum atomic E-state index is 13.7. The van der Waals surface area contributed by atoms with Gasteiger partial charge in [0, 0.05) is 18.0 Å². The van der Waals surface area contributed by atoms with Crippen LogP contribution in [-0.4, -0.2) is 53.8 Å². The summed E-state index contributed by atoms with van der Waals surface area (Å²) in [6.45, 7) is 2.56. The molecule has 1 amide bonds. The van der Waals surface area contributed by atoms with Crippen LogP contribution >= 0.6 is 0 Å². The minimum absolute atomic E-state index is 0.0604. The van der Waals surface area contributed by atoms with Gasteiger partial charge in [-0.3, -0.25) is 9.69 Å². The van der Waals surface area contributed by atoms with Crippen LogP contribution in [0.4, 0.5) is 39.5 Å². The van der Waals surface area contributed by atoms with E-state index in [2.05, 4.69) is 15.5 Å². The molecule has 1 N–H and O–H groups in total. The van der Waals surface area contributed by atoms with Crippen molar-refractivity contribution < 1.29 is 58.3 Å². The van der Waals surface area contributed by atoms with Crippen molar-refractivity contribution in [2.24, 2.45) is 11.8 Å². The molecule has 1 unspecified atom stereocenters. The number of carbonyl (C=O) groups excluding carboxylic acids is 1. The van der Waals surface area contributed by atoms with Crippen molar-refractivity contribution in [2.45, 2.75) is 37.9 Å². The first-order valence-corrected chi connectivity index (χ1v) is 15.6. The highest BCUT2D eigenvalue weighted by molar-refractivity contribution is 5.82. The zero-order chi connectivity index (χ0) is 37.0. The molecule has 0 aliphatic carbocycles. The molecule has 5 rings (SSSR count). The number of nitrogens with zero attached hydrogens (tertiary/aromatic N) is 3. The summed E-state index contributed by atoms with van der Waals surface area (Å²) in [7, 11) is 0. The minimum atomic E-state index is -4.56. The fraction of sp³-hybridized carbons (Fsp3) is 0.382. The Morgan fingerprint density at radius 1 is 0.824 bits per heavy atom. The minimum Gasteiger partial charge on any atom is -0.493 e. The van der Waals surface area contributed by atoms with Gasteiger partial charge in [-0.05, 0) is 79.5 Å². The smallest absolute Gasteiger partial charge is 0.416 e. The van der Waals surface area contributed by atoms with E-state index in [-0.39, 0.29) is 66.9 Å². The first-order chi connectivity index (χ1) is 24.0. The molecule has 17 heteroatoms. The molecule has 0 saturated carbocycles. The summed E-state index contributed by atoms with van der Waals surface area (Å²) in [5, 5.41) is 6.58. The maximum Gasteiger partial charge on any atom is 0.416 e. The van der Waals surface area contributed by atoms with Crippen LogP contribution in [0.15, 0.2) is 77.3 Å². The molecular formula is C34H31F9N4O4. The van der Waals surface area contributed by atoms with E-state index < -0.39 is 47.2 Å². The normalized spacial score (nSPS) is 17.9. The number of piperidine rings is 1. The number of likely N-dealkylation sites (tertiary alicyclic amines) is 1. The van der Waals surface area contributed by atoms with E-state index in [1.807, 2.05) is 6.92 Å². The quantitative estimate of drug-likeness (QED) is 0.123. The van der Waals surface area contributed by atoms with Crippen LogP contribution in [0.3, 0.4) is 0 Å². The second-order valence-corrected chi connectivity index (χ2v) is 11.9. The van der Waals surface area contributed by atoms with Gasteiger partial charge in [0.05, 0.1) is 29.8 Å². The molecule has 274 valence electrons. The lowest BCUT2D eigenvalue weighted by molar-refractivity contribution is -0.138. The van der Waals surface area contributed by atoms with Crippen molar-refractivity contribution in [3.8, 4) is 22.9 Å². The molecule has 3 aromatic carbocycles. The van der Waals surface area contributed by atoms with Crippen molar-refractivity contribution in [3.63, 3.8) is 0 Å². The highest BCUT2D eigenvalue weighted by Gasteiger charge is 2.39. The molecule has 0 radical (unpaired) electrons. The Balaban J connectivity index is 1.30. The zero-order valence-corrected chi connectivity index (χ0v) is 26.8. The van der Waals surface area contributed by atoms with E-state index in [0.29, 0.717) is 13.0 Å². The van der Waals surface area contributed by atoms with Crippen molar-refractivity contribution >= 4 is 5.91 Å². The third-order valence-corrected chi connectivity index (χ3v) is 8.40. The van der Waals surface area contributed by atoms with Gasteiger partial charge in [-0.15, -0.1) is 0 Å². The van der Waals surface area contributed by atoms with Crippen molar-refractivity contribution in [2.75, 3.05) is 32.8 Å². The average Bonchev–Trinajstić information content (AvgIpc) is 3.56. The molecule has 0 spiro atoms. The van der Waals surface area contributed by atoms with Gasteiger partial charge in [-0.2, -0.15) is 44.5 Å². The zero-order valence-electron chi connectivity index (χ0n) is 26.8. The van der Waals surface area contributed by atoms with Gasteiger partial charge >= 0.3 is 18.5 Å². The van der Waals surface area contributed by atoms with Crippen molar-refractivity contribution in [1.82, 2.24) is 20.4 Å². The van der Waals surface area contributed by atoms with E-state index in [4.69, 9.17) is 14.0 Å². The Hall–Kier alpha value is -4.80. The molecule has 8 nitrogen and oxygen atoms in total. The van der Waals surface area contributed by atoms with Crippen LogP contribution in [0.5, 0.6) is 11.5 Å². The monoisotopic (exact) mass is 730 g/mol. The fourth-order valence-corrected chi connectivity index (χ4v) is 5.46. The van der Waals surface area contributed by atoms with Gasteiger partial charge in [-0.25, -0.2) is 0 Å². The summed E-state index contributed by atoms with van der Waals surface area (Å²) in [6, 6.07) is 11.2. The Kier molecular flexibility index (Phi) is 11.2. The third-order valence-electron chi connectivity index (χ3n) is 8.40. The number of halogens is 9. The largest absolute Gasteiger partial charge is 0.493 e. The number of hydrogen-bond acceptors (Lipinski definition) is 7. The van der Waals surface area contributed by atoms with E-state index in [0.717, 1.165) is 48.5 Å². The predicted octanol–water partition coefficient (Wildman–Crippen LogP) is 8.07. The number of ether oxygens (including phenoxy) is 2. The molecule has 2 heterocycles. The number of aromatic nitrogens is 2. The maximum absolute atomic E-state index is 13.7. The van der Waals surface area contributed by atoms with Gasteiger partial charge < -0.3 is 19.3 Å². The number of alkyl halides is 9. The van der Waals surface area contributed by atoms with Gasteiger partial charge in [0.2, 0.25) is 11.7 Å². The molecule has 1 aliphatic rings. The second kappa shape index (κ2) is 15.2. The summed E-state index contributed by atoms with van der Waals surface area (Å²) < 4.78 is 134. The van der Waals surface area contributed by atoms with Crippen LogP contribution in [0.1, 0.15) is 42.0 Å². The lowest BCUT2D eigenvalue weighted by Gasteiger charge is -2.39. The molecule has 51 heavy (non-hydrogen) atoms. The van der Waals surface area contributed by atoms with Crippen molar-refractivity contribution in [3.05, 3.63) is 95.4 Å². The molecule has 4 aromatic rings. The molecule has 1 aromatic heterocycles. The van der Waals surface area contributed by atoms with E-state index in [1.54, 1.807) is 4.90 Å². The fourth-order valence-electron chi connectivity index (χ4n) is 5.46. The summed E-state index contributed by atoms with van der Waals surface area (Å²) in [5.41, 5.74) is -2.34. The number of hydrogen-bond donors (Lipinski definition) is 1. The van der Waals surface area contributed by atoms with E-state index >= 15 is 0 Å². The molecular weight excluding hydrogens is 699 g/mol. The number of amides is 1. The number of rotatable bonds is 11. The summed E-state index contributed by atoms with van der Waals surface area (Å²) in [4.78, 5) is 19.8. The Bertz CT molecular complexity index is 1740. The van der Waals surface area contributed by atoms with E-state index in [9.17, 15) is 44.3 Å². The van der Waals surface area contributed by atoms with Crippen LogP contribution in [0.25, 0.3) is 11.4 Å². The van der Waals surface area contributed by atoms with Crippen LogP contribution in [0.2, 0.25) is 0 Å². The summed E-state index contributed by atoms with van der Waals surface area (Å²) >= 11 is 0. The van der Waals surface area contributed by atoms with Gasteiger partial charge in [0.15, 0.2) is 6.04 Å². The standard InChI is InChI=1S/C34H31F9N4O4/c1-20-14-16-47(18-22(20)19-50-27-12-8-25(9-13-27)34(41,42)43)28(30(48)44-15-17-49-26-10-6-24(7-11-26)33(38,39)40)31-45-29(46-51-31)21-2-4-23(5-3-21)32(35,36)37/h2-13,20,22,28H,14-19H2,1H3,(H,44,48)/t20-,22-,28?/m1/s1. The number of carbonyl (C=O) groups is 1. The number of nitrogens with one attached hydrogen (secondary N) is 1. The predicted molar refractivity (Wildman–Crippen MR) is 163 cm³/mol. The SMILES string of the molecule is C[C@@H]1CCN(C(C(=O)NCCOc2ccc(C(F)(F)F)cc2)c2nc(-c3ccc(C(F)(F)F)cc3)no2)C[C@@H]1COc1ccc(C(F)(F)F)cc1. The molecule has 3 atom stereocenters. The Morgan fingerprint density at radius 2 is 1.33 bits per heavy atom. The second-order valence-electron chi connectivity index (χ2n) is 11.9. The van der Waals surface area contributed by atoms with Gasteiger partial charge in [-0.1, -0.05) is 24.2 Å². The van der Waals surface area contributed by atoms with Gasteiger partial charge in [0.1, 0.15) is 18.1 Å². The van der Waals surface area contributed by atoms with E-state index in [1.165, 1.54) is 24.3 Å². The Labute approximate surface area is 285 Å². The Morgan fingerprint density at radius 3 is 1.86 bits per heavy atom. The lowest BCUT2D eigenvalue weighted by Crippen LogP contribution is -2.48. The first kappa shape index (κ1) is 37.5. The highest BCUT2D eigenvalue weighted by atomic mass is 19.4. The molecule has 1 fully saturated rings. The first-order valence-electron chi connectivity index (χ1n) is 15.6. The van der Waals surface area contributed by atoms with Crippen molar-refractivity contribution in [1.29, 1.82) is 0 Å². The topological polar surface area (TPSA) is 89.7 Å². The van der Waals surface area contributed by atoms with Crippen LogP contribution in [-0.2, 0) is 23.3 Å².